The number of pyridine rings is 1. The van der Waals surface area contributed by atoms with Crippen molar-refractivity contribution >= 4 is 40.4 Å². The second-order valence-corrected chi connectivity index (χ2v) is 6.25. The fraction of sp³-hybridized carbons (Fsp3) is 0.200. The van der Waals surface area contributed by atoms with Gasteiger partial charge in [-0.3, -0.25) is 4.40 Å². The molecule has 3 aromatic rings. The van der Waals surface area contributed by atoms with Crippen LogP contribution in [0.5, 0.6) is 0 Å². The lowest BCUT2D eigenvalue weighted by molar-refractivity contribution is 1.03. The van der Waals surface area contributed by atoms with E-state index in [9.17, 15) is 0 Å². The highest BCUT2D eigenvalue weighted by atomic mass is 127. The average molecular weight is 406 g/mol. The number of fused-ring (bicyclic) bond motifs is 1. The van der Waals surface area contributed by atoms with Crippen LogP contribution in [0.3, 0.4) is 0 Å². The third kappa shape index (κ3) is 3.08. The molecule has 0 unspecified atom stereocenters. The van der Waals surface area contributed by atoms with Crippen LogP contribution >= 0.6 is 22.6 Å². The first kappa shape index (κ1) is 14.9. The van der Waals surface area contributed by atoms with E-state index in [1.54, 1.807) is 6.21 Å². The number of nitrogens with zero attached hydrogens (tertiary/aromatic N) is 5. The lowest BCUT2D eigenvalue weighted by atomic mass is 10.3. The molecule has 0 aliphatic heterocycles. The van der Waals surface area contributed by atoms with Crippen LogP contribution in [0.4, 0.5) is 5.95 Å². The van der Waals surface area contributed by atoms with Gasteiger partial charge in [-0.15, -0.1) is 0 Å². The van der Waals surface area contributed by atoms with Gasteiger partial charge in [0.25, 0.3) is 0 Å². The minimum absolute atomic E-state index is 0.495. The highest BCUT2D eigenvalue weighted by molar-refractivity contribution is 14.1. The van der Waals surface area contributed by atoms with Gasteiger partial charge < -0.3 is 0 Å². The number of imidazole rings is 1. The normalized spacial score (nSPS) is 11.5. The molecule has 0 spiro atoms. The maximum absolute atomic E-state index is 4.52. The molecular formula is C15H15IN6. The summed E-state index contributed by atoms with van der Waals surface area (Å²) in [5.41, 5.74) is 7.46. The first-order valence-corrected chi connectivity index (χ1v) is 7.86. The smallest absolute Gasteiger partial charge is 0.243 e. The Kier molecular flexibility index (Phi) is 4.06. The van der Waals surface area contributed by atoms with Crippen molar-refractivity contribution in [2.75, 3.05) is 5.43 Å². The molecular weight excluding hydrogens is 391 g/mol. The van der Waals surface area contributed by atoms with Crippen LogP contribution in [-0.2, 0) is 0 Å². The lowest BCUT2D eigenvalue weighted by Gasteiger charge is -2.02. The minimum atomic E-state index is 0.495. The van der Waals surface area contributed by atoms with Crippen LogP contribution in [-0.4, -0.2) is 25.6 Å². The largest absolute Gasteiger partial charge is 0.297 e. The highest BCUT2D eigenvalue weighted by Crippen LogP contribution is 2.13. The Morgan fingerprint density at radius 3 is 2.59 bits per heavy atom. The van der Waals surface area contributed by atoms with Gasteiger partial charge in [0.2, 0.25) is 5.95 Å². The second kappa shape index (κ2) is 5.99. The van der Waals surface area contributed by atoms with Gasteiger partial charge in [0.15, 0.2) is 0 Å². The summed E-state index contributed by atoms with van der Waals surface area (Å²) >= 11 is 2.28. The van der Waals surface area contributed by atoms with Gasteiger partial charge in [-0.1, -0.05) is 0 Å². The predicted octanol–water partition coefficient (Wildman–Crippen LogP) is 3.10. The predicted molar refractivity (Wildman–Crippen MR) is 95.4 cm³/mol. The molecule has 1 N–H and O–H groups in total. The number of aryl methyl sites for hydroxylation is 3. The summed E-state index contributed by atoms with van der Waals surface area (Å²) in [5, 5.41) is 4.24. The fourth-order valence-electron chi connectivity index (χ4n) is 2.24. The van der Waals surface area contributed by atoms with Gasteiger partial charge in [-0.2, -0.15) is 5.10 Å². The van der Waals surface area contributed by atoms with Gasteiger partial charge in [0, 0.05) is 21.2 Å². The zero-order chi connectivity index (χ0) is 15.7. The Morgan fingerprint density at radius 2 is 1.86 bits per heavy atom. The Hall–Kier alpha value is -2.03. The number of halogens is 1. The molecule has 0 aliphatic carbocycles. The maximum atomic E-state index is 4.52. The van der Waals surface area contributed by atoms with E-state index in [0.717, 1.165) is 32.0 Å². The zero-order valence-electron chi connectivity index (χ0n) is 12.5. The molecule has 0 atom stereocenters. The van der Waals surface area contributed by atoms with Crippen molar-refractivity contribution in [1.82, 2.24) is 19.4 Å². The monoisotopic (exact) mass is 406 g/mol. The van der Waals surface area contributed by atoms with E-state index in [4.69, 9.17) is 0 Å². The van der Waals surface area contributed by atoms with Crippen LogP contribution in [0.1, 0.15) is 22.8 Å². The number of hydrogen-bond acceptors (Lipinski definition) is 5. The van der Waals surface area contributed by atoms with Crippen molar-refractivity contribution in [1.29, 1.82) is 0 Å². The summed E-state index contributed by atoms with van der Waals surface area (Å²) in [6.45, 7) is 5.83. The molecule has 0 bridgehead atoms. The van der Waals surface area contributed by atoms with Crippen molar-refractivity contribution in [2.24, 2.45) is 5.10 Å². The quantitative estimate of drug-likeness (QED) is 0.413. The van der Waals surface area contributed by atoms with Gasteiger partial charge in [-0.05, 0) is 61.6 Å². The van der Waals surface area contributed by atoms with Crippen molar-refractivity contribution < 1.29 is 0 Å². The van der Waals surface area contributed by atoms with Crippen LogP contribution in [0, 0.1) is 24.3 Å². The first-order valence-electron chi connectivity index (χ1n) is 6.78. The average Bonchev–Trinajstić information content (AvgIpc) is 2.74. The number of nitrogens with one attached hydrogen (secondary N) is 1. The van der Waals surface area contributed by atoms with Crippen LogP contribution < -0.4 is 5.43 Å². The summed E-state index contributed by atoms with van der Waals surface area (Å²) in [6, 6.07) is 5.95. The Labute approximate surface area is 141 Å². The molecule has 22 heavy (non-hydrogen) atoms. The standard InChI is InChI=1S/C15H15IN6/c1-9-6-10(2)19-15(18-9)21-17-7-13-11(3)20-14-5-4-12(16)8-22(13)14/h4-8H,1-3H3,(H,18,19,21)/b17-7+. The van der Waals surface area contributed by atoms with E-state index in [2.05, 4.69) is 48.1 Å². The fourth-order valence-corrected chi connectivity index (χ4v) is 2.70. The number of aromatic nitrogens is 4. The topological polar surface area (TPSA) is 67.5 Å². The molecule has 0 aromatic carbocycles. The first-order chi connectivity index (χ1) is 10.5. The van der Waals surface area contributed by atoms with Gasteiger partial charge >= 0.3 is 0 Å². The third-order valence-electron chi connectivity index (χ3n) is 3.14. The van der Waals surface area contributed by atoms with E-state index in [1.807, 2.05) is 49.6 Å². The molecule has 0 radical (unpaired) electrons. The maximum Gasteiger partial charge on any atom is 0.243 e. The third-order valence-corrected chi connectivity index (χ3v) is 3.78. The van der Waals surface area contributed by atoms with Crippen molar-refractivity contribution in [3.63, 3.8) is 0 Å². The van der Waals surface area contributed by atoms with Gasteiger partial charge in [-0.25, -0.2) is 20.4 Å². The van der Waals surface area contributed by atoms with Crippen molar-refractivity contribution in [2.45, 2.75) is 20.8 Å². The molecule has 3 rings (SSSR count). The lowest BCUT2D eigenvalue weighted by Crippen LogP contribution is -2.01. The Bertz CT molecular complexity index is 848. The molecule has 0 fully saturated rings. The summed E-state index contributed by atoms with van der Waals surface area (Å²) < 4.78 is 3.16. The van der Waals surface area contributed by atoms with Crippen LogP contribution in [0.2, 0.25) is 0 Å². The molecule has 0 amide bonds. The number of rotatable bonds is 3. The summed E-state index contributed by atoms with van der Waals surface area (Å²) in [6.07, 6.45) is 3.77. The number of hydrogen-bond donors (Lipinski definition) is 1. The van der Waals surface area contributed by atoms with E-state index >= 15 is 0 Å². The summed E-state index contributed by atoms with van der Waals surface area (Å²) in [5.74, 6) is 0.495. The van der Waals surface area contributed by atoms with Gasteiger partial charge in [0.1, 0.15) is 5.65 Å². The number of anilines is 1. The van der Waals surface area contributed by atoms with Crippen LogP contribution in [0.25, 0.3) is 5.65 Å². The van der Waals surface area contributed by atoms with E-state index in [1.165, 1.54) is 0 Å². The molecule has 0 saturated carbocycles. The summed E-state index contributed by atoms with van der Waals surface area (Å²) in [7, 11) is 0. The zero-order valence-corrected chi connectivity index (χ0v) is 14.7. The molecule has 3 aromatic heterocycles. The Balaban J connectivity index is 1.89. The molecule has 3 heterocycles. The SMILES string of the molecule is Cc1cc(C)nc(N/N=C/c2c(C)nc3ccc(I)cn23)n1. The molecule has 0 saturated heterocycles. The van der Waals surface area contributed by atoms with E-state index in [0.29, 0.717) is 5.95 Å². The highest BCUT2D eigenvalue weighted by Gasteiger charge is 2.06. The molecule has 0 aliphatic rings. The second-order valence-electron chi connectivity index (χ2n) is 5.00. The van der Waals surface area contributed by atoms with Crippen molar-refractivity contribution in [3.8, 4) is 0 Å². The Morgan fingerprint density at radius 1 is 1.14 bits per heavy atom. The molecule has 7 heteroatoms. The van der Waals surface area contributed by atoms with Crippen molar-refractivity contribution in [3.05, 3.63) is 50.7 Å². The van der Waals surface area contributed by atoms with Gasteiger partial charge in [0.05, 0.1) is 17.6 Å². The van der Waals surface area contributed by atoms with E-state index in [-0.39, 0.29) is 0 Å². The van der Waals surface area contributed by atoms with Crippen LogP contribution in [0.15, 0.2) is 29.5 Å². The van der Waals surface area contributed by atoms with E-state index < -0.39 is 0 Å². The summed E-state index contributed by atoms with van der Waals surface area (Å²) in [4.78, 5) is 13.1. The molecule has 112 valence electrons. The molecule has 6 nitrogen and oxygen atoms in total. The minimum Gasteiger partial charge on any atom is -0.297 e. The number of hydrazone groups is 1.